The van der Waals surface area contributed by atoms with Crippen molar-refractivity contribution in [2.45, 2.75) is 50.6 Å². The van der Waals surface area contributed by atoms with Crippen molar-refractivity contribution in [1.82, 2.24) is 9.88 Å². The Kier molecular flexibility index (Phi) is 5.55. The maximum Gasteiger partial charge on any atom is 0.0646 e. The lowest BCUT2D eigenvalue weighted by atomic mass is 9.53. The van der Waals surface area contributed by atoms with E-state index in [1.165, 1.54) is 60.3 Å². The van der Waals surface area contributed by atoms with Crippen molar-refractivity contribution in [3.05, 3.63) is 48.5 Å². The van der Waals surface area contributed by atoms with Gasteiger partial charge in [-0.2, -0.15) is 0 Å². The minimum Gasteiger partial charge on any atom is -0.378 e. The summed E-state index contributed by atoms with van der Waals surface area (Å²) >= 11 is 0. The molecule has 4 saturated carbocycles. The van der Waals surface area contributed by atoms with Crippen LogP contribution in [0.4, 0.5) is 0 Å². The summed E-state index contributed by atoms with van der Waals surface area (Å²) in [6.45, 7) is 3.49. The number of hydrogen-bond donors (Lipinski definition) is 1. The van der Waals surface area contributed by atoms with Crippen molar-refractivity contribution in [2.75, 3.05) is 19.8 Å². The molecule has 0 amide bonds. The molecule has 0 radical (unpaired) electrons. The van der Waals surface area contributed by atoms with Gasteiger partial charge in [0, 0.05) is 40.4 Å². The predicted octanol–water partition coefficient (Wildman–Crippen LogP) is 5.79. The molecule has 160 valence electrons. The average molecular weight is 425 g/mol. The molecule has 2 aromatic carbocycles. The van der Waals surface area contributed by atoms with Gasteiger partial charge in [0.1, 0.15) is 0 Å². The third kappa shape index (κ3) is 3.55. The van der Waals surface area contributed by atoms with Gasteiger partial charge >= 0.3 is 0 Å². The van der Waals surface area contributed by atoms with E-state index in [9.17, 15) is 0 Å². The number of hydrogen-bond acceptors (Lipinski definition) is 2. The second kappa shape index (κ2) is 8.18. The highest BCUT2D eigenvalue weighted by Crippen LogP contribution is 2.55. The molecule has 4 fully saturated rings. The number of para-hydroxylation sites is 2. The molecule has 3 nitrogen and oxygen atoms in total. The topological polar surface area (TPSA) is 26.2 Å². The maximum absolute atomic E-state index is 6.08. The summed E-state index contributed by atoms with van der Waals surface area (Å²) in [5.41, 5.74) is 3.07. The quantitative estimate of drug-likeness (QED) is 0.485. The summed E-state index contributed by atoms with van der Waals surface area (Å²) in [6, 6.07) is 17.4. The fourth-order valence-corrected chi connectivity index (χ4v) is 7.22. The molecule has 0 aliphatic heterocycles. The molecule has 4 heteroatoms. The van der Waals surface area contributed by atoms with Gasteiger partial charge in [0.25, 0.3) is 0 Å². The summed E-state index contributed by atoms with van der Waals surface area (Å²) in [5, 5.41) is 6.63. The minimum atomic E-state index is 0. The van der Waals surface area contributed by atoms with Crippen LogP contribution < -0.4 is 5.32 Å². The van der Waals surface area contributed by atoms with Gasteiger partial charge in [0.2, 0.25) is 0 Å². The average Bonchev–Trinajstić information content (AvgIpc) is 3.04. The number of nitrogens with zero attached hydrogens (tertiary/aromatic N) is 1. The normalized spacial score (nSPS) is 29.5. The second-order valence-corrected chi connectivity index (χ2v) is 9.92. The van der Waals surface area contributed by atoms with Crippen molar-refractivity contribution in [1.29, 1.82) is 0 Å². The third-order valence-corrected chi connectivity index (χ3v) is 7.92. The fraction of sp³-hybridized carbons (Fsp3) is 0.538. The van der Waals surface area contributed by atoms with Gasteiger partial charge in [-0.05, 0) is 68.4 Å². The van der Waals surface area contributed by atoms with E-state index in [-0.39, 0.29) is 12.4 Å². The van der Waals surface area contributed by atoms with Crippen LogP contribution >= 0.6 is 12.4 Å². The monoisotopic (exact) mass is 424 g/mol. The zero-order valence-electron chi connectivity index (χ0n) is 17.7. The highest BCUT2D eigenvalue weighted by Gasteiger charge is 2.50. The largest absolute Gasteiger partial charge is 0.378 e. The highest BCUT2D eigenvalue weighted by molar-refractivity contribution is 6.07. The number of benzene rings is 2. The van der Waals surface area contributed by atoms with Gasteiger partial charge in [-0.15, -0.1) is 12.4 Å². The molecule has 0 saturated heterocycles. The maximum atomic E-state index is 6.08. The van der Waals surface area contributed by atoms with Crippen LogP contribution in [-0.4, -0.2) is 29.9 Å². The van der Waals surface area contributed by atoms with Crippen LogP contribution in [0.15, 0.2) is 48.5 Å². The van der Waals surface area contributed by atoms with Gasteiger partial charge in [-0.3, -0.25) is 0 Å². The Morgan fingerprint density at radius 2 is 1.33 bits per heavy atom. The number of ether oxygens (including phenoxy) is 1. The molecule has 1 aromatic heterocycles. The first-order valence-corrected chi connectivity index (χ1v) is 11.6. The first kappa shape index (κ1) is 20.4. The van der Waals surface area contributed by atoms with E-state index in [2.05, 4.69) is 58.4 Å². The van der Waals surface area contributed by atoms with Crippen LogP contribution in [-0.2, 0) is 11.3 Å². The predicted molar refractivity (Wildman–Crippen MR) is 126 cm³/mol. The molecule has 1 N–H and O–H groups in total. The summed E-state index contributed by atoms with van der Waals surface area (Å²) in [7, 11) is 0. The Labute approximate surface area is 185 Å². The van der Waals surface area contributed by atoms with Crippen molar-refractivity contribution < 1.29 is 4.74 Å². The number of aromatic nitrogens is 1. The van der Waals surface area contributed by atoms with Crippen molar-refractivity contribution >= 4 is 34.2 Å². The first-order valence-electron chi connectivity index (χ1n) is 11.6. The van der Waals surface area contributed by atoms with Crippen LogP contribution in [0.1, 0.15) is 38.5 Å². The number of nitrogens with one attached hydrogen (secondary N) is 1. The van der Waals surface area contributed by atoms with Gasteiger partial charge in [0.15, 0.2) is 0 Å². The lowest BCUT2D eigenvalue weighted by Crippen LogP contribution is -2.58. The molecule has 4 aliphatic rings. The summed E-state index contributed by atoms with van der Waals surface area (Å²) in [5.74, 6) is 3.01. The molecular formula is C26H33ClN2O. The minimum absolute atomic E-state index is 0. The standard InChI is InChI=1S/C26H32N2O.ClH/c1-3-7-24-22(5-1)23-6-2-4-8-25(23)28(24)10-12-29-11-9-27-26-16-19-13-20(17-26)15-21(14-19)18-26;/h1-8,19-21,27H,9-18H2;1H. The Hall–Kier alpha value is -1.55. The molecule has 0 unspecified atom stereocenters. The van der Waals surface area contributed by atoms with E-state index >= 15 is 0 Å². The summed E-state index contributed by atoms with van der Waals surface area (Å²) in [4.78, 5) is 0. The fourth-order valence-electron chi connectivity index (χ4n) is 7.22. The molecule has 4 aliphatic carbocycles. The van der Waals surface area contributed by atoms with Gasteiger partial charge in [0.05, 0.1) is 13.2 Å². The Balaban J connectivity index is 0.00000193. The summed E-state index contributed by atoms with van der Waals surface area (Å²) < 4.78 is 8.50. The zero-order valence-corrected chi connectivity index (χ0v) is 18.5. The Morgan fingerprint density at radius 3 is 1.90 bits per heavy atom. The Morgan fingerprint density at radius 1 is 0.800 bits per heavy atom. The zero-order chi connectivity index (χ0) is 19.3. The molecule has 1 heterocycles. The van der Waals surface area contributed by atoms with E-state index in [1.807, 2.05) is 0 Å². The van der Waals surface area contributed by atoms with Crippen LogP contribution in [0.5, 0.6) is 0 Å². The smallest absolute Gasteiger partial charge is 0.0646 e. The van der Waals surface area contributed by atoms with E-state index in [0.29, 0.717) is 5.54 Å². The number of halogens is 1. The molecule has 30 heavy (non-hydrogen) atoms. The van der Waals surface area contributed by atoms with Gasteiger partial charge in [-0.1, -0.05) is 36.4 Å². The molecule has 0 atom stereocenters. The van der Waals surface area contributed by atoms with E-state index in [4.69, 9.17) is 4.74 Å². The molecule has 0 spiro atoms. The Bertz CT molecular complexity index is 938. The number of rotatable bonds is 7. The van der Waals surface area contributed by atoms with Gasteiger partial charge in [-0.25, -0.2) is 0 Å². The first-order chi connectivity index (χ1) is 14.3. The van der Waals surface area contributed by atoms with Crippen molar-refractivity contribution in [2.24, 2.45) is 17.8 Å². The number of fused-ring (bicyclic) bond motifs is 3. The van der Waals surface area contributed by atoms with Crippen LogP contribution in [0.3, 0.4) is 0 Å². The van der Waals surface area contributed by atoms with E-state index < -0.39 is 0 Å². The van der Waals surface area contributed by atoms with Gasteiger partial charge < -0.3 is 14.6 Å². The van der Waals surface area contributed by atoms with Crippen LogP contribution in [0.25, 0.3) is 21.8 Å². The second-order valence-electron chi connectivity index (χ2n) is 9.92. The van der Waals surface area contributed by atoms with Crippen molar-refractivity contribution in [3.8, 4) is 0 Å². The lowest BCUT2D eigenvalue weighted by Gasteiger charge is -2.57. The molecular weight excluding hydrogens is 392 g/mol. The van der Waals surface area contributed by atoms with Crippen molar-refractivity contribution in [3.63, 3.8) is 0 Å². The lowest BCUT2D eigenvalue weighted by molar-refractivity contribution is -0.0229. The molecule has 7 rings (SSSR count). The third-order valence-electron chi connectivity index (χ3n) is 7.92. The summed E-state index contributed by atoms with van der Waals surface area (Å²) in [6.07, 6.45) is 8.78. The molecule has 3 aromatic rings. The highest BCUT2D eigenvalue weighted by atomic mass is 35.5. The SMILES string of the molecule is Cl.c1ccc2c(c1)c1ccccc1n2CCOCCNC12CC3CC(CC(C3)C1)C2. The molecule has 4 bridgehead atoms. The van der Waals surface area contributed by atoms with E-state index in [0.717, 1.165) is 44.1 Å². The van der Waals surface area contributed by atoms with Crippen LogP contribution in [0, 0.1) is 17.8 Å². The van der Waals surface area contributed by atoms with Crippen LogP contribution in [0.2, 0.25) is 0 Å². The van der Waals surface area contributed by atoms with E-state index in [1.54, 1.807) is 0 Å².